The Morgan fingerprint density at radius 2 is 1.40 bits per heavy atom. The SMILES string of the molecule is OC1(c2ccccc2)CCCCCCCCCCC1CN1CCCC1. The van der Waals surface area contributed by atoms with Crippen LogP contribution in [0.2, 0.25) is 0 Å². The van der Waals surface area contributed by atoms with Gasteiger partial charge in [0.15, 0.2) is 0 Å². The first-order chi connectivity index (χ1) is 12.3. The minimum atomic E-state index is -0.650. The third kappa shape index (κ3) is 5.31. The third-order valence-electron chi connectivity index (χ3n) is 6.49. The second-order valence-electron chi connectivity index (χ2n) is 8.36. The Labute approximate surface area is 154 Å². The Hall–Kier alpha value is -0.860. The molecule has 0 bridgehead atoms. The number of nitrogens with zero attached hydrogens (tertiary/aromatic N) is 1. The van der Waals surface area contributed by atoms with E-state index in [0.717, 1.165) is 24.9 Å². The topological polar surface area (TPSA) is 23.5 Å². The van der Waals surface area contributed by atoms with Crippen LogP contribution in [0.5, 0.6) is 0 Å². The molecule has 25 heavy (non-hydrogen) atoms. The molecule has 1 saturated carbocycles. The highest BCUT2D eigenvalue weighted by Crippen LogP contribution is 2.39. The minimum Gasteiger partial charge on any atom is -0.385 e. The molecule has 1 N–H and O–H groups in total. The van der Waals surface area contributed by atoms with Crippen molar-refractivity contribution in [1.82, 2.24) is 4.90 Å². The molecule has 2 aliphatic rings. The van der Waals surface area contributed by atoms with Crippen molar-refractivity contribution in [1.29, 1.82) is 0 Å². The molecule has 1 aromatic rings. The van der Waals surface area contributed by atoms with Crippen molar-refractivity contribution >= 4 is 0 Å². The monoisotopic (exact) mass is 343 g/mol. The maximum absolute atomic E-state index is 11.9. The smallest absolute Gasteiger partial charge is 0.0936 e. The van der Waals surface area contributed by atoms with Gasteiger partial charge in [-0.3, -0.25) is 0 Å². The van der Waals surface area contributed by atoms with Gasteiger partial charge in [0, 0.05) is 12.5 Å². The summed E-state index contributed by atoms with van der Waals surface area (Å²) >= 11 is 0. The first-order valence-corrected chi connectivity index (χ1v) is 10.8. The normalized spacial score (nSPS) is 30.5. The molecular formula is C23H37NO. The molecule has 1 aliphatic heterocycles. The highest BCUT2D eigenvalue weighted by molar-refractivity contribution is 5.23. The van der Waals surface area contributed by atoms with E-state index >= 15 is 0 Å². The van der Waals surface area contributed by atoms with Crippen LogP contribution in [0.25, 0.3) is 0 Å². The van der Waals surface area contributed by atoms with Crippen LogP contribution in [0.3, 0.4) is 0 Å². The lowest BCUT2D eigenvalue weighted by Crippen LogP contribution is -2.42. The summed E-state index contributed by atoms with van der Waals surface area (Å²) in [5, 5.41) is 11.9. The fourth-order valence-electron chi connectivity index (χ4n) is 4.91. The Bertz CT molecular complexity index is 482. The lowest BCUT2D eigenvalue weighted by molar-refractivity contribution is -0.0490. The zero-order valence-electron chi connectivity index (χ0n) is 16.0. The largest absolute Gasteiger partial charge is 0.385 e. The molecule has 1 aliphatic carbocycles. The highest BCUT2D eigenvalue weighted by Gasteiger charge is 2.38. The standard InChI is InChI=1S/C23H37NO/c25-23(21-14-9-7-10-15-21)17-11-6-4-2-1-3-5-8-16-22(23)20-24-18-12-13-19-24/h7,9-10,14-15,22,25H,1-6,8,11-13,16-20H2. The van der Waals surface area contributed by atoms with Crippen LogP contribution in [0.1, 0.15) is 82.6 Å². The van der Waals surface area contributed by atoms with Crippen molar-refractivity contribution in [2.75, 3.05) is 19.6 Å². The van der Waals surface area contributed by atoms with E-state index in [1.807, 2.05) is 0 Å². The number of likely N-dealkylation sites (tertiary alicyclic amines) is 1. The molecule has 2 atom stereocenters. The van der Waals surface area contributed by atoms with E-state index in [1.54, 1.807) is 0 Å². The molecule has 0 aromatic heterocycles. The van der Waals surface area contributed by atoms with E-state index in [4.69, 9.17) is 0 Å². The molecule has 2 heteroatoms. The quantitative estimate of drug-likeness (QED) is 0.783. The van der Waals surface area contributed by atoms with Crippen LogP contribution in [-0.4, -0.2) is 29.6 Å². The van der Waals surface area contributed by atoms with Crippen molar-refractivity contribution < 1.29 is 5.11 Å². The van der Waals surface area contributed by atoms with Crippen LogP contribution < -0.4 is 0 Å². The maximum Gasteiger partial charge on any atom is 0.0936 e. The highest BCUT2D eigenvalue weighted by atomic mass is 16.3. The fourth-order valence-corrected chi connectivity index (χ4v) is 4.91. The summed E-state index contributed by atoms with van der Waals surface area (Å²) in [7, 11) is 0. The summed E-state index contributed by atoms with van der Waals surface area (Å²) in [6.45, 7) is 3.52. The van der Waals surface area contributed by atoms with Crippen LogP contribution in [-0.2, 0) is 5.60 Å². The zero-order chi connectivity index (χ0) is 17.4. The molecule has 2 nitrogen and oxygen atoms in total. The molecular weight excluding hydrogens is 306 g/mol. The van der Waals surface area contributed by atoms with Crippen LogP contribution in [0.15, 0.2) is 30.3 Å². The van der Waals surface area contributed by atoms with Crippen LogP contribution >= 0.6 is 0 Å². The van der Waals surface area contributed by atoms with Crippen LogP contribution in [0, 0.1) is 5.92 Å². The Balaban J connectivity index is 1.80. The molecule has 1 aromatic carbocycles. The van der Waals surface area contributed by atoms with E-state index in [1.165, 1.54) is 77.3 Å². The zero-order valence-corrected chi connectivity index (χ0v) is 16.0. The van der Waals surface area contributed by atoms with Gasteiger partial charge in [-0.1, -0.05) is 81.7 Å². The van der Waals surface area contributed by atoms with Gasteiger partial charge in [-0.2, -0.15) is 0 Å². The Morgan fingerprint density at radius 1 is 0.800 bits per heavy atom. The molecule has 2 fully saturated rings. The predicted octanol–water partition coefficient (Wildman–Crippen LogP) is 5.50. The summed E-state index contributed by atoms with van der Waals surface area (Å²) in [5.74, 6) is 0.368. The number of hydrogen-bond acceptors (Lipinski definition) is 2. The molecule has 2 unspecified atom stereocenters. The predicted molar refractivity (Wildman–Crippen MR) is 106 cm³/mol. The van der Waals surface area contributed by atoms with E-state index in [2.05, 4.69) is 35.2 Å². The van der Waals surface area contributed by atoms with Gasteiger partial charge >= 0.3 is 0 Å². The molecule has 140 valence electrons. The van der Waals surface area contributed by atoms with Crippen molar-refractivity contribution in [2.24, 2.45) is 5.92 Å². The second kappa shape index (κ2) is 9.73. The van der Waals surface area contributed by atoms with Crippen molar-refractivity contribution in [3.8, 4) is 0 Å². The number of hydrogen-bond donors (Lipinski definition) is 1. The van der Waals surface area contributed by atoms with Gasteiger partial charge in [-0.15, -0.1) is 0 Å². The summed E-state index contributed by atoms with van der Waals surface area (Å²) in [5.41, 5.74) is 0.500. The Kier molecular flexibility index (Phi) is 7.36. The first kappa shape index (κ1) is 18.9. The molecule has 3 rings (SSSR count). The van der Waals surface area contributed by atoms with Gasteiger partial charge in [0.25, 0.3) is 0 Å². The molecule has 1 saturated heterocycles. The fraction of sp³-hybridized carbons (Fsp3) is 0.739. The molecule has 0 spiro atoms. The van der Waals surface area contributed by atoms with Crippen molar-refractivity contribution in [3.63, 3.8) is 0 Å². The van der Waals surface area contributed by atoms with Crippen molar-refractivity contribution in [2.45, 2.75) is 82.7 Å². The second-order valence-corrected chi connectivity index (χ2v) is 8.36. The van der Waals surface area contributed by atoms with E-state index in [-0.39, 0.29) is 0 Å². The summed E-state index contributed by atoms with van der Waals surface area (Å²) < 4.78 is 0. The summed E-state index contributed by atoms with van der Waals surface area (Å²) in [6.07, 6.45) is 15.3. The number of rotatable bonds is 3. The van der Waals surface area contributed by atoms with Gasteiger partial charge < -0.3 is 10.0 Å². The number of aliphatic hydroxyl groups is 1. The minimum absolute atomic E-state index is 0.368. The average molecular weight is 344 g/mol. The van der Waals surface area contributed by atoms with E-state index in [0.29, 0.717) is 5.92 Å². The molecule has 0 radical (unpaired) electrons. The van der Waals surface area contributed by atoms with E-state index in [9.17, 15) is 5.11 Å². The van der Waals surface area contributed by atoms with E-state index < -0.39 is 5.60 Å². The van der Waals surface area contributed by atoms with Gasteiger partial charge in [-0.05, 0) is 44.3 Å². The Morgan fingerprint density at radius 3 is 2.08 bits per heavy atom. The summed E-state index contributed by atoms with van der Waals surface area (Å²) in [6, 6.07) is 10.6. The maximum atomic E-state index is 11.9. The van der Waals surface area contributed by atoms with Gasteiger partial charge in [0.05, 0.1) is 5.60 Å². The first-order valence-electron chi connectivity index (χ1n) is 10.8. The van der Waals surface area contributed by atoms with Crippen molar-refractivity contribution in [3.05, 3.63) is 35.9 Å². The van der Waals surface area contributed by atoms with Gasteiger partial charge in [0.1, 0.15) is 0 Å². The molecule has 0 amide bonds. The summed E-state index contributed by atoms with van der Waals surface area (Å²) in [4.78, 5) is 2.60. The lowest BCUT2D eigenvalue weighted by Gasteiger charge is -2.39. The average Bonchev–Trinajstić information content (AvgIpc) is 3.15. The van der Waals surface area contributed by atoms with Gasteiger partial charge in [0.2, 0.25) is 0 Å². The molecule has 1 heterocycles. The number of benzene rings is 1. The van der Waals surface area contributed by atoms with Crippen LogP contribution in [0.4, 0.5) is 0 Å². The van der Waals surface area contributed by atoms with Gasteiger partial charge in [-0.25, -0.2) is 0 Å². The lowest BCUT2D eigenvalue weighted by atomic mass is 9.74. The third-order valence-corrected chi connectivity index (χ3v) is 6.49.